The summed E-state index contributed by atoms with van der Waals surface area (Å²) in [7, 11) is 1.55. The summed E-state index contributed by atoms with van der Waals surface area (Å²) in [4.78, 5) is 24.5. The third-order valence-corrected chi connectivity index (χ3v) is 3.76. The van der Waals surface area contributed by atoms with Gasteiger partial charge in [-0.05, 0) is 24.3 Å². The van der Waals surface area contributed by atoms with Gasteiger partial charge in [0.1, 0.15) is 6.04 Å². The summed E-state index contributed by atoms with van der Waals surface area (Å²) in [6, 6.07) is 9.09. The third kappa shape index (κ3) is 4.08. The highest BCUT2D eigenvalue weighted by molar-refractivity contribution is 5.83. The van der Waals surface area contributed by atoms with Crippen molar-refractivity contribution in [2.75, 3.05) is 7.05 Å². The molecule has 2 unspecified atom stereocenters. The van der Waals surface area contributed by atoms with Crippen LogP contribution in [0, 0.1) is 5.92 Å². The van der Waals surface area contributed by atoms with Crippen molar-refractivity contribution in [3.8, 4) is 0 Å². The largest absolute Gasteiger partial charge is 0.480 e. The van der Waals surface area contributed by atoms with Crippen LogP contribution in [0.25, 0.3) is 0 Å². The van der Waals surface area contributed by atoms with E-state index in [1.807, 2.05) is 30.3 Å². The molecule has 1 aromatic carbocycles. The molecule has 0 spiro atoms. The van der Waals surface area contributed by atoms with Crippen LogP contribution in [0.15, 0.2) is 30.3 Å². The van der Waals surface area contributed by atoms with Gasteiger partial charge in [-0.15, -0.1) is 0 Å². The molecule has 1 rings (SSSR count). The molecule has 0 aliphatic heterocycles. The first-order valence-electron chi connectivity index (χ1n) is 6.88. The summed E-state index contributed by atoms with van der Waals surface area (Å²) in [6.07, 6.45) is 0.329. The number of carboxylic acid groups (broad SMARTS) is 1. The van der Waals surface area contributed by atoms with E-state index in [1.54, 1.807) is 7.05 Å². The maximum atomic E-state index is 12.2. The molecule has 0 saturated heterocycles. The molecule has 0 aromatic heterocycles. The lowest BCUT2D eigenvalue weighted by molar-refractivity contribution is -0.148. The lowest BCUT2D eigenvalue weighted by atomic mass is 9.85. The number of amides is 1. The van der Waals surface area contributed by atoms with Crippen LogP contribution in [0.3, 0.4) is 0 Å². The standard InChI is InChI=1S/C16H23NO3/c1-11(2)14(13-8-6-5-7-9-13)10-15(18)17(4)12(3)16(19)20/h5-9,11-12,14H,10H2,1-4H3,(H,19,20). The Morgan fingerprint density at radius 2 is 1.70 bits per heavy atom. The molecule has 4 heteroatoms. The number of benzene rings is 1. The second-order valence-corrected chi connectivity index (χ2v) is 5.48. The van der Waals surface area contributed by atoms with Crippen LogP contribution in [0.1, 0.15) is 38.7 Å². The monoisotopic (exact) mass is 277 g/mol. The van der Waals surface area contributed by atoms with Crippen LogP contribution in [-0.2, 0) is 9.59 Å². The quantitative estimate of drug-likeness (QED) is 0.869. The predicted octanol–water partition coefficient (Wildman–Crippen LogP) is 2.75. The lowest BCUT2D eigenvalue weighted by Crippen LogP contribution is -2.41. The minimum atomic E-state index is -0.985. The maximum absolute atomic E-state index is 12.2. The van der Waals surface area contributed by atoms with Crippen molar-refractivity contribution in [2.45, 2.75) is 39.2 Å². The van der Waals surface area contributed by atoms with Crippen molar-refractivity contribution in [1.82, 2.24) is 4.90 Å². The van der Waals surface area contributed by atoms with Crippen molar-refractivity contribution in [2.24, 2.45) is 5.92 Å². The Bertz CT molecular complexity index is 456. The van der Waals surface area contributed by atoms with E-state index >= 15 is 0 Å². The number of aliphatic carboxylic acids is 1. The molecule has 0 fully saturated rings. The average Bonchev–Trinajstić information content (AvgIpc) is 2.43. The molecule has 110 valence electrons. The molecular weight excluding hydrogens is 254 g/mol. The normalized spacial score (nSPS) is 13.8. The van der Waals surface area contributed by atoms with Gasteiger partial charge in [0.15, 0.2) is 0 Å². The van der Waals surface area contributed by atoms with E-state index in [0.717, 1.165) is 5.56 Å². The first-order chi connectivity index (χ1) is 9.34. The average molecular weight is 277 g/mol. The van der Waals surface area contributed by atoms with Crippen LogP contribution in [0.5, 0.6) is 0 Å². The van der Waals surface area contributed by atoms with E-state index in [9.17, 15) is 9.59 Å². The number of carbonyl (C=O) groups is 2. The fourth-order valence-electron chi connectivity index (χ4n) is 2.15. The van der Waals surface area contributed by atoms with Crippen LogP contribution in [-0.4, -0.2) is 35.0 Å². The van der Waals surface area contributed by atoms with Gasteiger partial charge < -0.3 is 10.0 Å². The first-order valence-corrected chi connectivity index (χ1v) is 6.88. The molecule has 20 heavy (non-hydrogen) atoms. The number of rotatable bonds is 6. The second-order valence-electron chi connectivity index (χ2n) is 5.48. The molecule has 4 nitrogen and oxygen atoms in total. The summed E-state index contributed by atoms with van der Waals surface area (Å²) >= 11 is 0. The molecule has 1 aromatic rings. The minimum absolute atomic E-state index is 0.104. The van der Waals surface area contributed by atoms with E-state index < -0.39 is 12.0 Å². The van der Waals surface area contributed by atoms with Gasteiger partial charge >= 0.3 is 5.97 Å². The van der Waals surface area contributed by atoms with Gasteiger partial charge in [-0.2, -0.15) is 0 Å². The molecule has 0 bridgehead atoms. The van der Waals surface area contributed by atoms with Gasteiger partial charge in [-0.1, -0.05) is 44.2 Å². The molecule has 0 aliphatic carbocycles. The second kappa shape index (κ2) is 7.08. The number of hydrogen-bond acceptors (Lipinski definition) is 2. The topological polar surface area (TPSA) is 57.6 Å². The summed E-state index contributed by atoms with van der Waals surface area (Å²) in [5.74, 6) is -0.703. The fraction of sp³-hybridized carbons (Fsp3) is 0.500. The van der Waals surface area contributed by atoms with Crippen molar-refractivity contribution in [1.29, 1.82) is 0 Å². The Labute approximate surface area is 120 Å². The summed E-state index contributed by atoms with van der Waals surface area (Å²) in [6.45, 7) is 5.67. The lowest BCUT2D eigenvalue weighted by Gasteiger charge is -2.26. The zero-order valence-electron chi connectivity index (χ0n) is 12.5. The number of nitrogens with zero attached hydrogens (tertiary/aromatic N) is 1. The number of hydrogen-bond donors (Lipinski definition) is 1. The minimum Gasteiger partial charge on any atom is -0.480 e. The number of carbonyl (C=O) groups excluding carboxylic acids is 1. The Morgan fingerprint density at radius 1 is 1.15 bits per heavy atom. The summed E-state index contributed by atoms with van der Waals surface area (Å²) < 4.78 is 0. The van der Waals surface area contributed by atoms with E-state index in [-0.39, 0.29) is 11.8 Å². The Hall–Kier alpha value is -1.84. The molecule has 0 heterocycles. The fourth-order valence-corrected chi connectivity index (χ4v) is 2.15. The van der Waals surface area contributed by atoms with Crippen LogP contribution in [0.4, 0.5) is 0 Å². The van der Waals surface area contributed by atoms with Gasteiger partial charge in [-0.3, -0.25) is 4.79 Å². The van der Waals surface area contributed by atoms with Crippen molar-refractivity contribution >= 4 is 11.9 Å². The molecule has 0 aliphatic rings. The molecule has 0 saturated carbocycles. The summed E-state index contributed by atoms with van der Waals surface area (Å²) in [5, 5.41) is 8.97. The molecule has 0 radical (unpaired) electrons. The van der Waals surface area contributed by atoms with Gasteiger partial charge in [0.05, 0.1) is 0 Å². The highest BCUT2D eigenvalue weighted by Gasteiger charge is 2.26. The SMILES string of the molecule is CC(C)C(CC(=O)N(C)C(C)C(=O)O)c1ccccc1. The van der Waals surface area contributed by atoms with Crippen molar-refractivity contribution in [3.05, 3.63) is 35.9 Å². The van der Waals surface area contributed by atoms with Crippen LogP contribution < -0.4 is 0 Å². The van der Waals surface area contributed by atoms with E-state index in [4.69, 9.17) is 5.11 Å². The summed E-state index contributed by atoms with van der Waals surface area (Å²) in [5.41, 5.74) is 1.12. The zero-order chi connectivity index (χ0) is 15.3. The van der Waals surface area contributed by atoms with Crippen molar-refractivity contribution in [3.63, 3.8) is 0 Å². The molecule has 2 atom stereocenters. The van der Waals surface area contributed by atoms with E-state index in [1.165, 1.54) is 11.8 Å². The zero-order valence-corrected chi connectivity index (χ0v) is 12.5. The Balaban J connectivity index is 2.82. The molecule has 1 amide bonds. The Morgan fingerprint density at radius 3 is 2.15 bits per heavy atom. The maximum Gasteiger partial charge on any atom is 0.326 e. The van der Waals surface area contributed by atoms with Gasteiger partial charge in [0, 0.05) is 13.5 Å². The van der Waals surface area contributed by atoms with Gasteiger partial charge in [0.25, 0.3) is 0 Å². The predicted molar refractivity (Wildman–Crippen MR) is 78.5 cm³/mol. The number of likely N-dealkylation sites (N-methyl/N-ethyl adjacent to an activating group) is 1. The first kappa shape index (κ1) is 16.2. The smallest absolute Gasteiger partial charge is 0.326 e. The van der Waals surface area contributed by atoms with Crippen LogP contribution in [0.2, 0.25) is 0 Å². The Kier molecular flexibility index (Phi) is 5.74. The van der Waals surface area contributed by atoms with Gasteiger partial charge in [0.2, 0.25) is 5.91 Å². The number of carboxylic acids is 1. The van der Waals surface area contributed by atoms with Gasteiger partial charge in [-0.25, -0.2) is 4.79 Å². The molecular formula is C16H23NO3. The van der Waals surface area contributed by atoms with E-state index in [2.05, 4.69) is 13.8 Å². The third-order valence-electron chi connectivity index (χ3n) is 3.76. The van der Waals surface area contributed by atoms with E-state index in [0.29, 0.717) is 12.3 Å². The highest BCUT2D eigenvalue weighted by Crippen LogP contribution is 2.28. The van der Waals surface area contributed by atoms with Crippen LogP contribution >= 0.6 is 0 Å². The van der Waals surface area contributed by atoms with Crippen molar-refractivity contribution < 1.29 is 14.7 Å². The molecule has 1 N–H and O–H groups in total. The highest BCUT2D eigenvalue weighted by atomic mass is 16.4.